The fourth-order valence-electron chi connectivity index (χ4n) is 3.09. The molecule has 1 atom stereocenters. The van der Waals surface area contributed by atoms with Gasteiger partial charge in [0.05, 0.1) is 0 Å². The van der Waals surface area contributed by atoms with E-state index in [0.29, 0.717) is 5.92 Å². The van der Waals surface area contributed by atoms with Crippen LogP contribution in [-0.4, -0.2) is 36.0 Å². The molecule has 6 heteroatoms. The highest BCUT2D eigenvalue weighted by atomic mass is 35.5. The molecule has 23 heavy (non-hydrogen) atoms. The number of nitrogens with two attached hydrogens (primary N) is 1. The largest absolute Gasteiger partial charge is 0.388 e. The van der Waals surface area contributed by atoms with E-state index < -0.39 is 18.4 Å². The second-order valence-corrected chi connectivity index (χ2v) is 6.46. The van der Waals surface area contributed by atoms with Crippen molar-refractivity contribution in [2.24, 2.45) is 11.7 Å². The van der Waals surface area contributed by atoms with Gasteiger partial charge < -0.3 is 16.2 Å². The Bertz CT molecular complexity index is 539. The quantitative estimate of drug-likeness (QED) is 0.735. The molecule has 5 nitrogen and oxygen atoms in total. The average molecular weight is 339 g/mol. The van der Waals surface area contributed by atoms with Gasteiger partial charge >= 0.3 is 0 Å². The van der Waals surface area contributed by atoms with Crippen LogP contribution in [-0.2, 0) is 9.59 Å². The molecule has 0 radical (unpaired) electrons. The first kappa shape index (κ1) is 17.9. The van der Waals surface area contributed by atoms with Crippen LogP contribution in [0.15, 0.2) is 24.3 Å². The summed E-state index contributed by atoms with van der Waals surface area (Å²) in [6.45, 7) is -0.600. The van der Waals surface area contributed by atoms with E-state index in [-0.39, 0.29) is 18.4 Å². The Hall–Kier alpha value is -1.43. The Kier molecular flexibility index (Phi) is 6.57. The summed E-state index contributed by atoms with van der Waals surface area (Å²) < 4.78 is 0. The highest BCUT2D eigenvalue weighted by Gasteiger charge is 2.29. The molecule has 4 N–H and O–H groups in total. The molecular weight excluding hydrogens is 316 g/mol. The van der Waals surface area contributed by atoms with Crippen molar-refractivity contribution in [3.63, 3.8) is 0 Å². The van der Waals surface area contributed by atoms with Crippen molar-refractivity contribution in [3.05, 3.63) is 34.9 Å². The van der Waals surface area contributed by atoms with Crippen molar-refractivity contribution in [3.8, 4) is 0 Å². The first-order valence-corrected chi connectivity index (χ1v) is 8.32. The molecule has 0 saturated heterocycles. The second kappa shape index (κ2) is 8.43. The molecule has 126 valence electrons. The molecule has 0 aliphatic heterocycles. The number of carbonyl (C=O) groups is 2. The third-order valence-corrected chi connectivity index (χ3v) is 4.79. The third kappa shape index (κ3) is 4.77. The SMILES string of the molecule is NC[C@H](NC(=O)C1CCC(c2ccc(Cl)cc2)CC1)C(=O)CO. The Labute approximate surface area is 141 Å². The van der Waals surface area contributed by atoms with Gasteiger partial charge in [0.1, 0.15) is 12.6 Å². The van der Waals surface area contributed by atoms with E-state index in [9.17, 15) is 9.59 Å². The summed E-state index contributed by atoms with van der Waals surface area (Å²) in [5.74, 6) is -0.243. The minimum absolute atomic E-state index is 0.00521. The standard InChI is InChI=1S/C17H23ClN2O3/c18-14-7-5-12(6-8-14)11-1-3-13(4-2-11)17(23)20-15(9-19)16(22)10-21/h5-8,11,13,15,21H,1-4,9-10,19H2,(H,20,23)/t11?,13?,15-/m0/s1. The van der Waals surface area contributed by atoms with Crippen molar-refractivity contribution >= 4 is 23.3 Å². The smallest absolute Gasteiger partial charge is 0.223 e. The number of halogens is 1. The highest BCUT2D eigenvalue weighted by molar-refractivity contribution is 6.30. The third-order valence-electron chi connectivity index (χ3n) is 4.54. The van der Waals surface area contributed by atoms with Crippen molar-refractivity contribution < 1.29 is 14.7 Å². The van der Waals surface area contributed by atoms with Gasteiger partial charge in [-0.05, 0) is 49.3 Å². The predicted molar refractivity (Wildman–Crippen MR) is 89.2 cm³/mol. The lowest BCUT2D eigenvalue weighted by atomic mass is 9.78. The van der Waals surface area contributed by atoms with Gasteiger partial charge in [0.2, 0.25) is 5.91 Å². The Morgan fingerprint density at radius 2 is 1.83 bits per heavy atom. The molecule has 1 aromatic carbocycles. The number of nitrogens with one attached hydrogen (secondary N) is 1. The number of benzene rings is 1. The van der Waals surface area contributed by atoms with E-state index in [0.717, 1.165) is 30.7 Å². The summed E-state index contributed by atoms with van der Waals surface area (Å²) >= 11 is 5.91. The van der Waals surface area contributed by atoms with Gasteiger partial charge in [-0.1, -0.05) is 23.7 Å². The number of rotatable bonds is 6. The molecule has 1 aliphatic carbocycles. The fourth-order valence-corrected chi connectivity index (χ4v) is 3.22. The van der Waals surface area contributed by atoms with Gasteiger partial charge in [0.15, 0.2) is 5.78 Å². The molecule has 1 saturated carbocycles. The van der Waals surface area contributed by atoms with E-state index in [1.54, 1.807) is 0 Å². The normalized spacial score (nSPS) is 22.4. The summed E-state index contributed by atoms with van der Waals surface area (Å²) in [5.41, 5.74) is 6.73. The monoisotopic (exact) mass is 338 g/mol. The van der Waals surface area contributed by atoms with Gasteiger partial charge in [0, 0.05) is 17.5 Å². The van der Waals surface area contributed by atoms with E-state index in [1.807, 2.05) is 24.3 Å². The van der Waals surface area contributed by atoms with Crippen LogP contribution in [0.1, 0.15) is 37.2 Å². The van der Waals surface area contributed by atoms with Crippen LogP contribution in [0.2, 0.25) is 5.02 Å². The maximum Gasteiger partial charge on any atom is 0.223 e. The zero-order chi connectivity index (χ0) is 16.8. The number of Topliss-reactive ketones (excluding diaryl/α,β-unsaturated/α-hetero) is 1. The summed E-state index contributed by atoms with van der Waals surface area (Å²) in [6.07, 6.45) is 3.43. The number of carbonyl (C=O) groups excluding carboxylic acids is 2. The molecule has 0 unspecified atom stereocenters. The summed E-state index contributed by atoms with van der Waals surface area (Å²) in [6, 6.07) is 7.07. The van der Waals surface area contributed by atoms with Crippen LogP contribution in [0, 0.1) is 5.92 Å². The van der Waals surface area contributed by atoms with Gasteiger partial charge in [-0.2, -0.15) is 0 Å². The maximum absolute atomic E-state index is 12.3. The molecule has 0 aromatic heterocycles. The number of amides is 1. The van der Waals surface area contributed by atoms with Crippen LogP contribution in [0.5, 0.6) is 0 Å². The predicted octanol–water partition coefficient (Wildman–Crippen LogP) is 1.62. The van der Waals surface area contributed by atoms with Gasteiger partial charge in [-0.3, -0.25) is 9.59 Å². The van der Waals surface area contributed by atoms with E-state index in [2.05, 4.69) is 5.32 Å². The van der Waals surface area contributed by atoms with Crippen molar-refractivity contribution in [2.75, 3.05) is 13.2 Å². The van der Waals surface area contributed by atoms with E-state index in [4.69, 9.17) is 22.4 Å². The van der Waals surface area contributed by atoms with Crippen LogP contribution < -0.4 is 11.1 Å². The second-order valence-electron chi connectivity index (χ2n) is 6.02. The molecule has 1 aromatic rings. The van der Waals surface area contributed by atoms with Crippen molar-refractivity contribution in [1.82, 2.24) is 5.32 Å². The van der Waals surface area contributed by atoms with E-state index >= 15 is 0 Å². The van der Waals surface area contributed by atoms with Crippen LogP contribution in [0.3, 0.4) is 0 Å². The maximum atomic E-state index is 12.3. The Morgan fingerprint density at radius 3 is 2.35 bits per heavy atom. The average Bonchev–Trinajstić information content (AvgIpc) is 2.59. The molecule has 0 spiro atoms. The lowest BCUT2D eigenvalue weighted by Gasteiger charge is -2.29. The number of aliphatic hydroxyl groups excluding tert-OH is 1. The lowest BCUT2D eigenvalue weighted by molar-refractivity contribution is -0.131. The molecule has 0 heterocycles. The summed E-state index contributed by atoms with van der Waals surface area (Å²) in [4.78, 5) is 23.7. The molecule has 1 fully saturated rings. The fraction of sp³-hybridized carbons (Fsp3) is 0.529. The Morgan fingerprint density at radius 1 is 1.22 bits per heavy atom. The van der Waals surface area contributed by atoms with Gasteiger partial charge in [-0.15, -0.1) is 0 Å². The minimum atomic E-state index is -0.790. The van der Waals surface area contributed by atoms with Crippen LogP contribution in [0.25, 0.3) is 0 Å². The first-order chi connectivity index (χ1) is 11.0. The molecule has 1 aliphatic rings. The van der Waals surface area contributed by atoms with Gasteiger partial charge in [-0.25, -0.2) is 0 Å². The van der Waals surface area contributed by atoms with Crippen LogP contribution >= 0.6 is 11.6 Å². The Balaban J connectivity index is 1.87. The van der Waals surface area contributed by atoms with Gasteiger partial charge in [0.25, 0.3) is 0 Å². The van der Waals surface area contributed by atoms with Crippen molar-refractivity contribution in [1.29, 1.82) is 0 Å². The first-order valence-electron chi connectivity index (χ1n) is 7.94. The van der Waals surface area contributed by atoms with Crippen molar-refractivity contribution in [2.45, 2.75) is 37.6 Å². The highest BCUT2D eigenvalue weighted by Crippen LogP contribution is 2.36. The number of aliphatic hydroxyl groups is 1. The molecule has 2 rings (SSSR count). The zero-order valence-electron chi connectivity index (χ0n) is 13.0. The summed E-state index contributed by atoms with van der Waals surface area (Å²) in [5, 5.41) is 12.3. The summed E-state index contributed by atoms with van der Waals surface area (Å²) in [7, 11) is 0. The van der Waals surface area contributed by atoms with E-state index in [1.165, 1.54) is 5.56 Å². The number of ketones is 1. The zero-order valence-corrected chi connectivity index (χ0v) is 13.8. The lowest BCUT2D eigenvalue weighted by Crippen LogP contribution is -2.49. The molecule has 0 bridgehead atoms. The van der Waals surface area contributed by atoms with Crippen LogP contribution in [0.4, 0.5) is 0 Å². The minimum Gasteiger partial charge on any atom is -0.388 e. The molecule has 1 amide bonds. The topological polar surface area (TPSA) is 92.4 Å². The molecular formula is C17H23ClN2O3. The number of hydrogen-bond donors (Lipinski definition) is 3. The number of hydrogen-bond acceptors (Lipinski definition) is 4.